The van der Waals surface area contributed by atoms with Gasteiger partial charge in [-0.1, -0.05) is 53.2 Å². The zero-order valence-corrected chi connectivity index (χ0v) is 29.3. The summed E-state index contributed by atoms with van der Waals surface area (Å²) >= 11 is 3.53. The summed E-state index contributed by atoms with van der Waals surface area (Å²) < 4.78 is 29.1. The van der Waals surface area contributed by atoms with Gasteiger partial charge in [-0.05, 0) is 74.3 Å². The Morgan fingerprint density at radius 3 is 1.84 bits per heavy atom. The maximum atomic E-state index is 14.1. The average molecular weight is 697 g/mol. The largest absolute Gasteiger partial charge is 0.462 e. The number of carbonyl (C=O) groups is 5. The topological polar surface area (TPSA) is 135 Å². The van der Waals surface area contributed by atoms with Crippen molar-refractivity contribution >= 4 is 45.8 Å². The molecule has 12 heteroatoms. The number of ether oxygens (including phenoxy) is 5. The van der Waals surface area contributed by atoms with Gasteiger partial charge in [-0.15, -0.1) is 0 Å². The van der Waals surface area contributed by atoms with Crippen LogP contribution in [0.1, 0.15) is 87.1 Å². The number of fused-ring (bicyclic) bond motifs is 1. The highest BCUT2D eigenvalue weighted by Crippen LogP contribution is 2.39. The van der Waals surface area contributed by atoms with Crippen LogP contribution in [0, 0.1) is 16.2 Å². The second-order valence-corrected chi connectivity index (χ2v) is 15.5. The van der Waals surface area contributed by atoms with E-state index in [9.17, 15) is 24.0 Å². The lowest BCUT2D eigenvalue weighted by Gasteiger charge is -2.44. The molecular weight excluding hydrogens is 650 g/mol. The number of carbonyl (C=O) groups excluding carboxylic acids is 5. The molecule has 2 fully saturated rings. The van der Waals surface area contributed by atoms with Gasteiger partial charge in [-0.2, -0.15) is 0 Å². The molecule has 0 radical (unpaired) electrons. The highest BCUT2D eigenvalue weighted by atomic mass is 79.9. The molecule has 0 spiro atoms. The van der Waals surface area contributed by atoms with E-state index < -0.39 is 88.2 Å². The van der Waals surface area contributed by atoms with Crippen molar-refractivity contribution in [3.05, 3.63) is 35.9 Å². The van der Waals surface area contributed by atoms with Gasteiger partial charge in [-0.25, -0.2) is 9.69 Å². The van der Waals surface area contributed by atoms with Crippen LogP contribution in [0.3, 0.4) is 0 Å². The normalized spacial score (nSPS) is 25.0. The molecule has 2 aliphatic heterocycles. The lowest BCUT2D eigenvalue weighted by Crippen LogP contribution is -2.65. The summed E-state index contributed by atoms with van der Waals surface area (Å²) in [6, 6.07) is 8.07. The number of benzene rings is 1. The van der Waals surface area contributed by atoms with Crippen LogP contribution in [-0.2, 0) is 42.9 Å². The van der Waals surface area contributed by atoms with Gasteiger partial charge >= 0.3 is 24.0 Å². The molecule has 7 atom stereocenters. The zero-order valence-electron chi connectivity index (χ0n) is 27.8. The van der Waals surface area contributed by atoms with Crippen LogP contribution >= 0.6 is 15.9 Å². The molecule has 2 heterocycles. The Kier molecular flexibility index (Phi) is 11.2. The third-order valence-corrected chi connectivity index (χ3v) is 8.55. The van der Waals surface area contributed by atoms with Gasteiger partial charge in [0.2, 0.25) is 12.2 Å². The van der Waals surface area contributed by atoms with E-state index in [1.165, 1.54) is 0 Å². The van der Waals surface area contributed by atoms with Gasteiger partial charge in [-0.3, -0.25) is 19.2 Å². The molecular formula is C33H46BrNO10. The zero-order chi connectivity index (χ0) is 34.1. The minimum absolute atomic E-state index is 0.315. The van der Waals surface area contributed by atoms with Crippen molar-refractivity contribution in [2.75, 3.05) is 6.61 Å². The van der Waals surface area contributed by atoms with Gasteiger partial charge in [0.15, 0.2) is 12.2 Å². The predicted octanol–water partition coefficient (Wildman–Crippen LogP) is 5.52. The van der Waals surface area contributed by atoms with Crippen molar-refractivity contribution < 1.29 is 47.7 Å². The Labute approximate surface area is 273 Å². The first-order valence-corrected chi connectivity index (χ1v) is 16.1. The Bertz CT molecular complexity index is 1260. The molecule has 1 aromatic carbocycles. The van der Waals surface area contributed by atoms with Crippen LogP contribution in [0.5, 0.6) is 0 Å². The lowest BCUT2D eigenvalue weighted by atomic mass is 9.90. The van der Waals surface area contributed by atoms with E-state index >= 15 is 0 Å². The van der Waals surface area contributed by atoms with Gasteiger partial charge < -0.3 is 23.7 Å². The van der Waals surface area contributed by atoms with E-state index in [0.717, 1.165) is 10.5 Å². The summed E-state index contributed by atoms with van der Waals surface area (Å²) in [4.78, 5) is 66.8. The molecule has 0 aromatic heterocycles. The van der Waals surface area contributed by atoms with E-state index in [4.69, 9.17) is 23.7 Å². The summed E-state index contributed by atoms with van der Waals surface area (Å²) in [5.41, 5.74) is -1.95. The third-order valence-electron chi connectivity index (χ3n) is 7.52. The first-order chi connectivity index (χ1) is 20.7. The monoisotopic (exact) mass is 695 g/mol. The van der Waals surface area contributed by atoms with Crippen LogP contribution in [0.25, 0.3) is 0 Å². The maximum Gasteiger partial charge on any atom is 0.419 e. The number of halogens is 1. The van der Waals surface area contributed by atoms with E-state index in [0.29, 0.717) is 6.42 Å². The summed E-state index contributed by atoms with van der Waals surface area (Å²) in [7, 11) is 0. The second kappa shape index (κ2) is 13.8. The fraction of sp³-hybridized carbons (Fsp3) is 0.667. The SMILES string of the molecule is CC[C@@H](c1ccccc1)[C@@H](Br)C(=O)N1C(=O)O[C@H]2O[C@H](COC(=O)C(C)(C)C)[C@@H](OC(=O)C(C)(C)C)[C@H](OC(=O)C(C)(C)C)[C@H]21. The maximum absolute atomic E-state index is 14.1. The van der Waals surface area contributed by atoms with Gasteiger partial charge in [0.25, 0.3) is 0 Å². The molecule has 2 saturated heterocycles. The van der Waals surface area contributed by atoms with E-state index in [2.05, 4.69) is 15.9 Å². The fourth-order valence-electron chi connectivity index (χ4n) is 4.78. The lowest BCUT2D eigenvalue weighted by molar-refractivity contribution is -0.259. The number of rotatable bonds is 8. The molecule has 1 aromatic rings. The van der Waals surface area contributed by atoms with Crippen LogP contribution < -0.4 is 0 Å². The summed E-state index contributed by atoms with van der Waals surface area (Å²) in [6.45, 7) is 16.4. The molecule has 11 nitrogen and oxygen atoms in total. The van der Waals surface area contributed by atoms with E-state index in [-0.39, 0.29) is 5.92 Å². The van der Waals surface area contributed by atoms with Crippen LogP contribution in [0.2, 0.25) is 0 Å². The average Bonchev–Trinajstić information content (AvgIpc) is 3.26. The molecule has 2 aliphatic rings. The number of esters is 3. The van der Waals surface area contributed by atoms with Crippen molar-refractivity contribution in [3.63, 3.8) is 0 Å². The quantitative estimate of drug-likeness (QED) is 0.194. The minimum atomic E-state index is -1.41. The smallest absolute Gasteiger partial charge is 0.419 e. The molecule has 250 valence electrons. The summed E-state index contributed by atoms with van der Waals surface area (Å²) in [5, 5.41) is 0. The van der Waals surface area contributed by atoms with E-state index in [1.54, 1.807) is 62.3 Å². The number of hydrogen-bond donors (Lipinski definition) is 0. The number of hydrogen-bond acceptors (Lipinski definition) is 10. The van der Waals surface area contributed by atoms with Crippen molar-refractivity contribution in [3.8, 4) is 0 Å². The Morgan fingerprint density at radius 1 is 0.844 bits per heavy atom. The van der Waals surface area contributed by atoms with Crippen molar-refractivity contribution in [1.82, 2.24) is 4.90 Å². The fourth-order valence-corrected chi connectivity index (χ4v) is 5.68. The number of amides is 2. The third kappa shape index (κ3) is 8.44. The van der Waals surface area contributed by atoms with Crippen molar-refractivity contribution in [1.29, 1.82) is 0 Å². The first kappa shape index (κ1) is 36.5. The molecule has 45 heavy (non-hydrogen) atoms. The van der Waals surface area contributed by atoms with Gasteiger partial charge in [0.1, 0.15) is 23.6 Å². The number of alkyl halides is 1. The highest BCUT2D eigenvalue weighted by Gasteiger charge is 2.62. The predicted molar refractivity (Wildman–Crippen MR) is 167 cm³/mol. The molecule has 3 rings (SSSR count). The molecule has 0 unspecified atom stereocenters. The van der Waals surface area contributed by atoms with Gasteiger partial charge in [0, 0.05) is 5.92 Å². The Balaban J connectivity index is 2.08. The van der Waals surface area contributed by atoms with Gasteiger partial charge in [0.05, 0.1) is 16.2 Å². The Hall–Kier alpha value is -2.99. The second-order valence-electron chi connectivity index (χ2n) is 14.5. The van der Waals surface area contributed by atoms with Crippen LogP contribution in [-0.4, -0.2) is 76.9 Å². The van der Waals surface area contributed by atoms with Crippen LogP contribution in [0.4, 0.5) is 4.79 Å². The molecule has 0 aliphatic carbocycles. The number of nitrogens with zero attached hydrogens (tertiary/aromatic N) is 1. The Morgan fingerprint density at radius 2 is 1.36 bits per heavy atom. The van der Waals surface area contributed by atoms with Crippen LogP contribution in [0.15, 0.2) is 30.3 Å². The summed E-state index contributed by atoms with van der Waals surface area (Å²) in [5.74, 6) is -2.83. The number of imide groups is 1. The molecule has 0 saturated carbocycles. The van der Waals surface area contributed by atoms with E-state index in [1.807, 2.05) is 37.3 Å². The summed E-state index contributed by atoms with van der Waals surface area (Å²) in [6.07, 6.45) is -5.82. The molecule has 2 amide bonds. The van der Waals surface area contributed by atoms with Crippen molar-refractivity contribution in [2.24, 2.45) is 16.2 Å². The minimum Gasteiger partial charge on any atom is -0.462 e. The van der Waals surface area contributed by atoms with Crippen molar-refractivity contribution in [2.45, 2.75) is 117 Å². The molecule has 0 bridgehead atoms. The first-order valence-electron chi connectivity index (χ1n) is 15.2. The highest BCUT2D eigenvalue weighted by molar-refractivity contribution is 9.10. The molecule has 0 N–H and O–H groups in total. The standard InChI is InChI=1S/C33H46BrNO10/c1-11-19(18-15-13-12-14-16-18)21(34)25(36)35-22-24(44-29(39)33(8,9)10)23(43-28(38)32(5,6)7)20(42-26(22)45-30(35)40)17-41-27(37)31(2,3)4/h12-16,19-24,26H,11,17H2,1-10H3/t19-,20+,21+,22+,23+,24+,26+/m0/s1.